The van der Waals surface area contributed by atoms with Crippen molar-refractivity contribution in [3.63, 3.8) is 0 Å². The average molecular weight is 209 g/mol. The Balaban J connectivity index is 1.94. The minimum atomic E-state index is 0.715. The maximum Gasteiger partial charge on any atom is 0.00230 e. The summed E-state index contributed by atoms with van der Waals surface area (Å²) >= 11 is 0. The lowest BCUT2D eigenvalue weighted by atomic mass is 9.64. The molecule has 0 aromatic carbocycles. The van der Waals surface area contributed by atoms with Gasteiger partial charge in [-0.2, -0.15) is 0 Å². The topological polar surface area (TPSA) is 12.0 Å². The van der Waals surface area contributed by atoms with Gasteiger partial charge in [0.05, 0.1) is 0 Å². The number of rotatable bonds is 5. The number of hydrogen-bond acceptors (Lipinski definition) is 1. The van der Waals surface area contributed by atoms with Crippen LogP contribution in [-0.4, -0.2) is 13.1 Å². The first-order valence-corrected chi connectivity index (χ1v) is 7.01. The lowest BCUT2D eigenvalue weighted by Crippen LogP contribution is -2.57. The molecule has 2 fully saturated rings. The Morgan fingerprint density at radius 1 is 1.13 bits per heavy atom. The van der Waals surface area contributed by atoms with Crippen molar-refractivity contribution in [3.05, 3.63) is 0 Å². The van der Waals surface area contributed by atoms with Crippen LogP contribution in [0, 0.1) is 17.3 Å². The van der Waals surface area contributed by atoms with E-state index in [1.807, 2.05) is 0 Å². The van der Waals surface area contributed by atoms with E-state index in [0.29, 0.717) is 5.41 Å². The summed E-state index contributed by atoms with van der Waals surface area (Å²) < 4.78 is 0. The van der Waals surface area contributed by atoms with E-state index in [1.165, 1.54) is 58.0 Å². The van der Waals surface area contributed by atoms with Crippen molar-refractivity contribution in [2.75, 3.05) is 13.1 Å². The lowest BCUT2D eigenvalue weighted by Gasteiger charge is -2.49. The normalized spacial score (nSPS) is 25.8. The molecule has 2 rings (SSSR count). The van der Waals surface area contributed by atoms with Gasteiger partial charge in [-0.15, -0.1) is 0 Å². The Morgan fingerprint density at radius 3 is 2.13 bits per heavy atom. The molecule has 1 heteroatoms. The van der Waals surface area contributed by atoms with E-state index in [0.717, 1.165) is 11.8 Å². The second kappa shape index (κ2) is 4.86. The van der Waals surface area contributed by atoms with Gasteiger partial charge in [-0.05, 0) is 36.5 Å². The fourth-order valence-electron chi connectivity index (χ4n) is 3.74. The van der Waals surface area contributed by atoms with E-state index < -0.39 is 0 Å². The quantitative estimate of drug-likeness (QED) is 0.729. The standard InChI is InChI=1S/C14H27N/c1-3-12(4-2)9-14(10-15-11-14)13-7-5-6-8-13/h12-13,15H,3-11H2,1-2H3. The molecule has 0 atom stereocenters. The summed E-state index contributed by atoms with van der Waals surface area (Å²) in [6.07, 6.45) is 10.3. The molecule has 1 aliphatic carbocycles. The van der Waals surface area contributed by atoms with Gasteiger partial charge >= 0.3 is 0 Å². The van der Waals surface area contributed by atoms with Gasteiger partial charge in [-0.25, -0.2) is 0 Å². The van der Waals surface area contributed by atoms with Crippen molar-refractivity contribution in [1.82, 2.24) is 5.32 Å². The molecule has 0 amide bonds. The summed E-state index contributed by atoms with van der Waals surface area (Å²) in [5.41, 5.74) is 0.715. The molecule has 0 unspecified atom stereocenters. The van der Waals surface area contributed by atoms with E-state index in [2.05, 4.69) is 19.2 Å². The van der Waals surface area contributed by atoms with Crippen LogP contribution in [0.25, 0.3) is 0 Å². The van der Waals surface area contributed by atoms with Gasteiger partial charge in [0.25, 0.3) is 0 Å². The van der Waals surface area contributed by atoms with Crippen LogP contribution >= 0.6 is 0 Å². The SMILES string of the molecule is CCC(CC)CC1(C2CCCC2)CNC1. The molecule has 88 valence electrons. The molecule has 0 aromatic rings. The second-order valence-electron chi connectivity index (χ2n) is 5.83. The largest absolute Gasteiger partial charge is 0.316 e. The van der Waals surface area contributed by atoms with Gasteiger partial charge in [-0.1, -0.05) is 39.5 Å². The highest BCUT2D eigenvalue weighted by molar-refractivity contribution is 4.99. The van der Waals surface area contributed by atoms with Gasteiger partial charge in [0.2, 0.25) is 0 Å². The zero-order valence-electron chi connectivity index (χ0n) is 10.5. The molecule has 0 bridgehead atoms. The molecule has 1 saturated carbocycles. The first-order chi connectivity index (χ1) is 7.30. The van der Waals surface area contributed by atoms with Crippen molar-refractivity contribution in [2.45, 2.75) is 58.8 Å². The molecule has 1 heterocycles. The molecule has 1 nitrogen and oxygen atoms in total. The molecule has 1 N–H and O–H groups in total. The molecule has 0 spiro atoms. The zero-order chi connectivity index (χ0) is 10.7. The van der Waals surface area contributed by atoms with Gasteiger partial charge in [0.15, 0.2) is 0 Å². The predicted octanol–water partition coefficient (Wildman–Crippen LogP) is 3.59. The third-order valence-electron chi connectivity index (χ3n) is 5.03. The van der Waals surface area contributed by atoms with Crippen LogP contribution < -0.4 is 5.32 Å². The summed E-state index contributed by atoms with van der Waals surface area (Å²) in [5.74, 6) is 2.03. The number of hydrogen-bond donors (Lipinski definition) is 1. The molecule has 1 aliphatic heterocycles. The van der Waals surface area contributed by atoms with Crippen molar-refractivity contribution >= 4 is 0 Å². The second-order valence-corrected chi connectivity index (χ2v) is 5.83. The maximum absolute atomic E-state index is 3.53. The van der Waals surface area contributed by atoms with E-state index in [9.17, 15) is 0 Å². The fraction of sp³-hybridized carbons (Fsp3) is 1.00. The van der Waals surface area contributed by atoms with Gasteiger partial charge in [0, 0.05) is 13.1 Å². The first-order valence-electron chi connectivity index (χ1n) is 7.01. The van der Waals surface area contributed by atoms with Gasteiger partial charge in [0.1, 0.15) is 0 Å². The molecular formula is C14H27N. The highest BCUT2D eigenvalue weighted by atomic mass is 15.0. The van der Waals surface area contributed by atoms with Crippen LogP contribution in [0.1, 0.15) is 58.8 Å². The predicted molar refractivity (Wildman–Crippen MR) is 65.9 cm³/mol. The van der Waals surface area contributed by atoms with E-state index >= 15 is 0 Å². The van der Waals surface area contributed by atoms with Crippen LogP contribution in [0.4, 0.5) is 0 Å². The maximum atomic E-state index is 3.53. The Labute approximate surface area is 95.0 Å². The summed E-state index contributed by atoms with van der Waals surface area (Å²) in [6.45, 7) is 7.35. The molecule has 2 aliphatic rings. The monoisotopic (exact) mass is 209 g/mol. The zero-order valence-corrected chi connectivity index (χ0v) is 10.5. The van der Waals surface area contributed by atoms with Crippen LogP contribution in [0.2, 0.25) is 0 Å². The molecule has 0 aromatic heterocycles. The summed E-state index contributed by atoms with van der Waals surface area (Å²) in [7, 11) is 0. The number of nitrogens with one attached hydrogen (secondary N) is 1. The molecule has 15 heavy (non-hydrogen) atoms. The van der Waals surface area contributed by atoms with E-state index in [-0.39, 0.29) is 0 Å². The Kier molecular flexibility index (Phi) is 3.71. The molecule has 1 saturated heterocycles. The summed E-state index contributed by atoms with van der Waals surface area (Å²) in [6, 6.07) is 0. The van der Waals surface area contributed by atoms with Gasteiger partial charge in [-0.3, -0.25) is 0 Å². The smallest absolute Gasteiger partial charge is 0.00230 e. The van der Waals surface area contributed by atoms with Crippen molar-refractivity contribution in [2.24, 2.45) is 17.3 Å². The van der Waals surface area contributed by atoms with Crippen LogP contribution in [0.3, 0.4) is 0 Å². The van der Waals surface area contributed by atoms with Crippen LogP contribution in [0.5, 0.6) is 0 Å². The Bertz CT molecular complexity index is 186. The summed E-state index contributed by atoms with van der Waals surface area (Å²) in [5, 5.41) is 3.53. The highest BCUT2D eigenvalue weighted by Crippen LogP contribution is 2.47. The third-order valence-corrected chi connectivity index (χ3v) is 5.03. The van der Waals surface area contributed by atoms with Gasteiger partial charge < -0.3 is 5.32 Å². The average Bonchev–Trinajstić information content (AvgIpc) is 2.71. The summed E-state index contributed by atoms with van der Waals surface area (Å²) in [4.78, 5) is 0. The lowest BCUT2D eigenvalue weighted by molar-refractivity contribution is 0.0475. The Morgan fingerprint density at radius 2 is 1.73 bits per heavy atom. The first kappa shape index (κ1) is 11.4. The third kappa shape index (κ3) is 2.22. The van der Waals surface area contributed by atoms with Crippen molar-refractivity contribution < 1.29 is 0 Å². The highest BCUT2D eigenvalue weighted by Gasteiger charge is 2.45. The minimum Gasteiger partial charge on any atom is -0.316 e. The Hall–Kier alpha value is -0.0400. The van der Waals surface area contributed by atoms with Crippen LogP contribution in [-0.2, 0) is 0 Å². The minimum absolute atomic E-state index is 0.715. The van der Waals surface area contributed by atoms with Crippen LogP contribution in [0.15, 0.2) is 0 Å². The van der Waals surface area contributed by atoms with E-state index in [1.54, 1.807) is 0 Å². The van der Waals surface area contributed by atoms with E-state index in [4.69, 9.17) is 0 Å². The fourth-order valence-corrected chi connectivity index (χ4v) is 3.74. The molecule has 0 radical (unpaired) electrons. The van der Waals surface area contributed by atoms with Crippen molar-refractivity contribution in [3.8, 4) is 0 Å². The molecular weight excluding hydrogens is 182 g/mol. The van der Waals surface area contributed by atoms with Crippen molar-refractivity contribution in [1.29, 1.82) is 0 Å².